The number of rotatable bonds is 13. The van der Waals surface area contributed by atoms with E-state index >= 15 is 0 Å². The predicted molar refractivity (Wildman–Crippen MR) is 144 cm³/mol. The first-order chi connectivity index (χ1) is 17.8. The van der Waals surface area contributed by atoms with Gasteiger partial charge in [-0.15, -0.1) is 11.6 Å². The van der Waals surface area contributed by atoms with Gasteiger partial charge < -0.3 is 23.7 Å². The van der Waals surface area contributed by atoms with Crippen molar-refractivity contribution < 1.29 is 38.1 Å². The molecule has 0 heterocycles. The lowest BCUT2D eigenvalue weighted by Crippen LogP contribution is -2.29. The van der Waals surface area contributed by atoms with Crippen LogP contribution < -0.4 is 9.47 Å². The average molecular weight is 590 g/mol. The molecule has 0 amide bonds. The van der Waals surface area contributed by atoms with Gasteiger partial charge >= 0.3 is 17.9 Å². The predicted octanol–water partition coefficient (Wildman–Crippen LogP) is 5.74. The summed E-state index contributed by atoms with van der Waals surface area (Å²) in [6.07, 6.45) is -1.37. The third-order valence-electron chi connectivity index (χ3n) is 5.46. The van der Waals surface area contributed by atoms with E-state index in [4.69, 9.17) is 58.5 Å². The van der Waals surface area contributed by atoms with Crippen molar-refractivity contribution in [1.29, 1.82) is 0 Å². The highest BCUT2D eigenvalue weighted by atomic mass is 35.5. The van der Waals surface area contributed by atoms with Crippen molar-refractivity contribution in [3.05, 3.63) is 57.6 Å². The van der Waals surface area contributed by atoms with Gasteiger partial charge in [-0.05, 0) is 35.4 Å². The number of alkyl halides is 1. The number of hydrogen-bond acceptors (Lipinski definition) is 8. The molecule has 2 aromatic rings. The third-order valence-corrected chi connectivity index (χ3v) is 6.36. The molecule has 0 aliphatic rings. The number of esters is 3. The van der Waals surface area contributed by atoms with Crippen molar-refractivity contribution >= 4 is 52.7 Å². The van der Waals surface area contributed by atoms with Gasteiger partial charge in [0, 0.05) is 26.2 Å². The summed E-state index contributed by atoms with van der Waals surface area (Å²) in [5, 5.41) is 0.613. The Morgan fingerprint density at radius 3 is 1.79 bits per heavy atom. The van der Waals surface area contributed by atoms with Crippen LogP contribution in [0.25, 0.3) is 0 Å². The molecule has 0 fully saturated rings. The Balaban J connectivity index is 2.12. The monoisotopic (exact) mass is 588 g/mol. The molecule has 0 bridgehead atoms. The molecule has 2 rings (SSSR count). The van der Waals surface area contributed by atoms with E-state index in [1.165, 1.54) is 20.8 Å². The zero-order chi connectivity index (χ0) is 28.5. The second-order valence-corrected chi connectivity index (χ2v) is 10.1. The molecule has 11 heteroatoms. The van der Waals surface area contributed by atoms with Crippen LogP contribution in [0.1, 0.15) is 45.7 Å². The van der Waals surface area contributed by atoms with E-state index in [1.54, 1.807) is 24.3 Å². The molecule has 0 radical (unpaired) electrons. The standard InChI is InChI=1S/C27H31Cl3O8/c1-16(31)34-14-23(38-18(3)33)15-35-21-8-6-19(7-9-21)27(4,5)20-10-24(29)26(25(30)11-20)36-13-22(12-28)37-17(2)32/h6-11,22-23H,12-15H2,1-5H3/t22-,23+/m0/s1. The Morgan fingerprint density at radius 2 is 1.29 bits per heavy atom. The van der Waals surface area contributed by atoms with E-state index in [0.29, 0.717) is 15.8 Å². The highest BCUT2D eigenvalue weighted by Crippen LogP contribution is 2.40. The Hall–Kier alpha value is -2.68. The Bertz CT molecular complexity index is 1090. The SMILES string of the molecule is CC(=O)OC[C@H](COc1ccc(C(C)(C)c2cc(Cl)c(OC[C@H](CCl)OC(C)=O)c(Cl)c2)cc1)OC(C)=O. The molecule has 2 atom stereocenters. The van der Waals surface area contributed by atoms with Gasteiger partial charge in [0.25, 0.3) is 0 Å². The molecule has 208 valence electrons. The maximum absolute atomic E-state index is 11.3. The fraction of sp³-hybridized carbons (Fsp3) is 0.444. The van der Waals surface area contributed by atoms with E-state index in [1.807, 2.05) is 26.0 Å². The van der Waals surface area contributed by atoms with Crippen LogP contribution >= 0.6 is 34.8 Å². The normalized spacial score (nSPS) is 12.7. The number of halogens is 3. The number of carbonyl (C=O) groups is 3. The van der Waals surface area contributed by atoms with Crippen molar-refractivity contribution in [2.75, 3.05) is 25.7 Å². The Labute approximate surface area is 237 Å². The lowest BCUT2D eigenvalue weighted by molar-refractivity contribution is -0.158. The molecule has 0 saturated heterocycles. The first-order valence-electron chi connectivity index (χ1n) is 11.7. The van der Waals surface area contributed by atoms with Gasteiger partial charge in [0.2, 0.25) is 0 Å². The summed E-state index contributed by atoms with van der Waals surface area (Å²) in [6.45, 7) is 7.80. The topological polar surface area (TPSA) is 97.4 Å². The lowest BCUT2D eigenvalue weighted by atomic mass is 9.78. The lowest BCUT2D eigenvalue weighted by Gasteiger charge is -2.27. The minimum atomic E-state index is -0.730. The van der Waals surface area contributed by atoms with Crippen LogP contribution in [0.4, 0.5) is 0 Å². The smallest absolute Gasteiger partial charge is 0.303 e. The zero-order valence-electron chi connectivity index (χ0n) is 21.8. The molecule has 0 spiro atoms. The van der Waals surface area contributed by atoms with Crippen molar-refractivity contribution in [2.45, 2.75) is 52.2 Å². The minimum absolute atomic E-state index is 0.00587. The largest absolute Gasteiger partial charge is 0.490 e. The number of carbonyl (C=O) groups excluding carboxylic acids is 3. The van der Waals surface area contributed by atoms with E-state index in [2.05, 4.69) is 0 Å². The van der Waals surface area contributed by atoms with Crippen LogP contribution in [0.3, 0.4) is 0 Å². The molecule has 0 N–H and O–H groups in total. The van der Waals surface area contributed by atoms with Gasteiger partial charge in [-0.25, -0.2) is 0 Å². The van der Waals surface area contributed by atoms with E-state index < -0.39 is 35.5 Å². The molecule has 0 aliphatic carbocycles. The molecule has 0 aromatic heterocycles. The third kappa shape index (κ3) is 9.57. The van der Waals surface area contributed by atoms with E-state index in [9.17, 15) is 14.4 Å². The highest BCUT2D eigenvalue weighted by Gasteiger charge is 2.26. The summed E-state index contributed by atoms with van der Waals surface area (Å²) < 4.78 is 26.6. The summed E-state index contributed by atoms with van der Waals surface area (Å²) in [4.78, 5) is 33.6. The molecular formula is C27H31Cl3O8. The molecule has 8 nitrogen and oxygen atoms in total. The van der Waals surface area contributed by atoms with Gasteiger partial charge in [0.1, 0.15) is 31.7 Å². The van der Waals surface area contributed by atoms with Crippen molar-refractivity contribution in [3.8, 4) is 11.5 Å². The molecule has 38 heavy (non-hydrogen) atoms. The fourth-order valence-electron chi connectivity index (χ4n) is 3.46. The van der Waals surface area contributed by atoms with Gasteiger partial charge in [-0.1, -0.05) is 49.2 Å². The molecule has 2 aromatic carbocycles. The maximum Gasteiger partial charge on any atom is 0.303 e. The Morgan fingerprint density at radius 1 is 0.763 bits per heavy atom. The fourth-order valence-corrected chi connectivity index (χ4v) is 4.21. The van der Waals surface area contributed by atoms with Crippen LogP contribution in [-0.2, 0) is 34.0 Å². The van der Waals surface area contributed by atoms with Crippen LogP contribution in [0.15, 0.2) is 36.4 Å². The summed E-state index contributed by atoms with van der Waals surface area (Å²) in [7, 11) is 0. The summed E-state index contributed by atoms with van der Waals surface area (Å²) in [5.41, 5.74) is 1.31. The van der Waals surface area contributed by atoms with Crippen LogP contribution in [0.2, 0.25) is 10.0 Å². The summed E-state index contributed by atoms with van der Waals surface area (Å²) in [6, 6.07) is 10.9. The molecule has 0 saturated carbocycles. The second-order valence-electron chi connectivity index (χ2n) is 8.96. The summed E-state index contributed by atoms with van der Waals surface area (Å²) in [5.74, 6) is -0.553. The van der Waals surface area contributed by atoms with Crippen LogP contribution in [0, 0.1) is 0 Å². The van der Waals surface area contributed by atoms with Gasteiger partial charge in [-0.3, -0.25) is 14.4 Å². The van der Waals surface area contributed by atoms with Crippen molar-refractivity contribution in [3.63, 3.8) is 0 Å². The van der Waals surface area contributed by atoms with Crippen molar-refractivity contribution in [1.82, 2.24) is 0 Å². The van der Waals surface area contributed by atoms with E-state index in [-0.39, 0.29) is 31.5 Å². The average Bonchev–Trinajstić information content (AvgIpc) is 2.83. The van der Waals surface area contributed by atoms with Crippen LogP contribution in [-0.4, -0.2) is 55.8 Å². The minimum Gasteiger partial charge on any atom is -0.490 e. The quantitative estimate of drug-likeness (QED) is 0.166. The van der Waals surface area contributed by atoms with Crippen molar-refractivity contribution in [2.24, 2.45) is 0 Å². The maximum atomic E-state index is 11.3. The number of ether oxygens (including phenoxy) is 5. The highest BCUT2D eigenvalue weighted by molar-refractivity contribution is 6.37. The Kier molecular flexibility index (Phi) is 12.0. The van der Waals surface area contributed by atoms with Crippen LogP contribution in [0.5, 0.6) is 11.5 Å². The van der Waals surface area contributed by atoms with Gasteiger partial charge in [0.15, 0.2) is 11.9 Å². The zero-order valence-corrected chi connectivity index (χ0v) is 24.1. The first-order valence-corrected chi connectivity index (χ1v) is 13.0. The van der Waals surface area contributed by atoms with E-state index in [0.717, 1.165) is 11.1 Å². The first kappa shape index (κ1) is 31.5. The molecular weight excluding hydrogens is 559 g/mol. The number of hydrogen-bond donors (Lipinski definition) is 0. The number of benzene rings is 2. The second kappa shape index (κ2) is 14.5. The molecule has 0 unspecified atom stereocenters. The van der Waals surface area contributed by atoms with Gasteiger partial charge in [-0.2, -0.15) is 0 Å². The van der Waals surface area contributed by atoms with Gasteiger partial charge in [0.05, 0.1) is 15.9 Å². The molecule has 0 aliphatic heterocycles. The summed E-state index contributed by atoms with van der Waals surface area (Å²) >= 11 is 18.8.